The van der Waals surface area contributed by atoms with Crippen molar-refractivity contribution in [3.8, 4) is 0 Å². The first kappa shape index (κ1) is 13.5. The van der Waals surface area contributed by atoms with E-state index in [0.717, 1.165) is 0 Å². The van der Waals surface area contributed by atoms with Crippen LogP contribution in [0.25, 0.3) is 10.8 Å². The van der Waals surface area contributed by atoms with Crippen molar-refractivity contribution < 1.29 is 44.0 Å². The minimum absolute atomic E-state index is 0. The summed E-state index contributed by atoms with van der Waals surface area (Å²) in [6, 6.07) is 9.68. The predicted molar refractivity (Wildman–Crippen MR) is 59.3 cm³/mol. The minimum atomic E-state index is -4.23. The third-order valence-electron chi connectivity index (χ3n) is 2.18. The SMILES string of the molecule is Nc1cccc2cccc(S(=O)(=O)O)c12.[H-].[Na+]. The van der Waals surface area contributed by atoms with Crippen molar-refractivity contribution in [1.82, 2.24) is 0 Å². The summed E-state index contributed by atoms with van der Waals surface area (Å²) in [7, 11) is -4.23. The largest absolute Gasteiger partial charge is 1.00 e. The van der Waals surface area contributed by atoms with Crippen LogP contribution in [0.3, 0.4) is 0 Å². The second kappa shape index (κ2) is 4.73. The van der Waals surface area contributed by atoms with Crippen LogP contribution >= 0.6 is 0 Å². The molecule has 16 heavy (non-hydrogen) atoms. The summed E-state index contributed by atoms with van der Waals surface area (Å²) in [5.41, 5.74) is 6.01. The molecule has 2 aromatic carbocycles. The Morgan fingerprint density at radius 2 is 1.69 bits per heavy atom. The minimum Gasteiger partial charge on any atom is -1.00 e. The summed E-state index contributed by atoms with van der Waals surface area (Å²) in [6.07, 6.45) is 0. The van der Waals surface area contributed by atoms with Crippen LogP contribution in [0.1, 0.15) is 1.43 Å². The molecule has 3 N–H and O–H groups in total. The van der Waals surface area contributed by atoms with Gasteiger partial charge in [-0.15, -0.1) is 0 Å². The molecule has 2 aromatic rings. The molecule has 0 aliphatic carbocycles. The molecule has 0 fully saturated rings. The van der Waals surface area contributed by atoms with Gasteiger partial charge in [-0.3, -0.25) is 4.55 Å². The van der Waals surface area contributed by atoms with Crippen molar-refractivity contribution >= 4 is 26.6 Å². The monoisotopic (exact) mass is 247 g/mol. The van der Waals surface area contributed by atoms with Crippen LogP contribution in [0.2, 0.25) is 0 Å². The fraction of sp³-hybridized carbons (Fsp3) is 0. The van der Waals surface area contributed by atoms with Crippen LogP contribution in [0.5, 0.6) is 0 Å². The van der Waals surface area contributed by atoms with Crippen LogP contribution in [0, 0.1) is 0 Å². The fourth-order valence-corrected chi connectivity index (χ4v) is 2.29. The molecule has 0 radical (unpaired) electrons. The number of rotatable bonds is 1. The van der Waals surface area contributed by atoms with Gasteiger partial charge in [-0.05, 0) is 17.5 Å². The molecule has 0 saturated heterocycles. The molecule has 0 atom stereocenters. The molecule has 2 rings (SSSR count). The summed E-state index contributed by atoms with van der Waals surface area (Å²) in [5, 5.41) is 1.05. The topological polar surface area (TPSA) is 80.4 Å². The predicted octanol–water partition coefficient (Wildman–Crippen LogP) is -1.21. The Morgan fingerprint density at radius 1 is 1.12 bits per heavy atom. The van der Waals surface area contributed by atoms with Crippen molar-refractivity contribution in [2.24, 2.45) is 0 Å². The summed E-state index contributed by atoms with van der Waals surface area (Å²) in [4.78, 5) is -0.155. The van der Waals surface area contributed by atoms with Gasteiger partial charge in [-0.25, -0.2) is 0 Å². The van der Waals surface area contributed by atoms with Gasteiger partial charge in [0.1, 0.15) is 4.90 Å². The van der Waals surface area contributed by atoms with Crippen molar-refractivity contribution in [3.05, 3.63) is 36.4 Å². The second-order valence-corrected chi connectivity index (χ2v) is 4.57. The van der Waals surface area contributed by atoms with Gasteiger partial charge in [0.2, 0.25) is 0 Å². The summed E-state index contributed by atoms with van der Waals surface area (Å²) < 4.78 is 31.2. The van der Waals surface area contributed by atoms with Crippen LogP contribution in [0.4, 0.5) is 5.69 Å². The third-order valence-corrected chi connectivity index (χ3v) is 3.07. The summed E-state index contributed by atoms with van der Waals surface area (Å²) in [6.45, 7) is 0. The molecule has 0 spiro atoms. The van der Waals surface area contributed by atoms with Gasteiger partial charge >= 0.3 is 29.6 Å². The van der Waals surface area contributed by atoms with Crippen molar-refractivity contribution in [2.45, 2.75) is 4.90 Å². The molecule has 4 nitrogen and oxygen atoms in total. The molecule has 0 aliphatic rings. The third kappa shape index (κ3) is 2.39. The van der Waals surface area contributed by atoms with E-state index in [2.05, 4.69) is 0 Å². The molecule has 0 aromatic heterocycles. The van der Waals surface area contributed by atoms with E-state index >= 15 is 0 Å². The van der Waals surface area contributed by atoms with Gasteiger partial charge in [0, 0.05) is 11.1 Å². The zero-order valence-electron chi connectivity index (χ0n) is 9.71. The van der Waals surface area contributed by atoms with Gasteiger partial charge in [0.15, 0.2) is 0 Å². The smallest absolute Gasteiger partial charge is 1.00 e. The summed E-state index contributed by atoms with van der Waals surface area (Å²) in [5.74, 6) is 0. The second-order valence-electron chi connectivity index (χ2n) is 3.18. The number of hydrogen-bond acceptors (Lipinski definition) is 3. The van der Waals surface area contributed by atoms with Crippen LogP contribution < -0.4 is 35.3 Å². The zero-order valence-corrected chi connectivity index (χ0v) is 11.5. The molecular formula is C10H10NNaO3S. The Kier molecular flexibility index (Phi) is 3.98. The molecular weight excluding hydrogens is 237 g/mol. The Labute approximate surface area is 117 Å². The van der Waals surface area contributed by atoms with Gasteiger partial charge in [0.25, 0.3) is 10.1 Å². The maximum atomic E-state index is 11.1. The van der Waals surface area contributed by atoms with E-state index in [1.807, 2.05) is 0 Å². The molecule has 0 bridgehead atoms. The number of nitrogens with two attached hydrogens (primary N) is 1. The normalized spacial score (nSPS) is 11.1. The number of benzene rings is 2. The zero-order chi connectivity index (χ0) is 11.1. The van der Waals surface area contributed by atoms with Crippen LogP contribution in [0.15, 0.2) is 41.3 Å². The average Bonchev–Trinajstić information content (AvgIpc) is 2.16. The average molecular weight is 247 g/mol. The molecule has 0 heterocycles. The van der Waals surface area contributed by atoms with E-state index in [1.165, 1.54) is 6.07 Å². The summed E-state index contributed by atoms with van der Waals surface area (Å²) >= 11 is 0. The number of fused-ring (bicyclic) bond motifs is 1. The van der Waals surface area contributed by atoms with Gasteiger partial charge in [0.05, 0.1) is 0 Å². The quantitative estimate of drug-likeness (QED) is 0.376. The molecule has 0 saturated carbocycles. The standard InChI is InChI=1S/C10H9NO3S.Na.H/c11-8-5-1-3-7-4-2-6-9(10(7)8)15(12,13)14;;/h1-6H,11H2,(H,12,13,14);;/q;+1;-1. The van der Waals surface area contributed by atoms with E-state index in [0.29, 0.717) is 16.5 Å². The molecule has 80 valence electrons. The molecule has 0 aliphatic heterocycles. The van der Waals surface area contributed by atoms with Crippen molar-refractivity contribution in [1.29, 1.82) is 0 Å². The maximum absolute atomic E-state index is 11.1. The first-order valence-electron chi connectivity index (χ1n) is 4.25. The number of nitrogen functional groups attached to an aromatic ring is 1. The van der Waals surface area contributed by atoms with Gasteiger partial charge < -0.3 is 7.16 Å². The molecule has 6 heteroatoms. The van der Waals surface area contributed by atoms with Crippen molar-refractivity contribution in [2.75, 3.05) is 5.73 Å². The van der Waals surface area contributed by atoms with Gasteiger partial charge in [-0.2, -0.15) is 8.42 Å². The first-order valence-corrected chi connectivity index (χ1v) is 5.69. The maximum Gasteiger partial charge on any atom is 1.00 e. The first-order chi connectivity index (χ1) is 7.00. The molecule has 0 amide bonds. The van der Waals surface area contributed by atoms with Crippen LogP contribution in [-0.4, -0.2) is 13.0 Å². The number of anilines is 1. The van der Waals surface area contributed by atoms with Crippen molar-refractivity contribution in [3.63, 3.8) is 0 Å². The van der Waals surface area contributed by atoms with E-state index in [1.54, 1.807) is 30.3 Å². The van der Waals surface area contributed by atoms with E-state index in [4.69, 9.17) is 10.3 Å². The molecule has 0 unspecified atom stereocenters. The Balaban J connectivity index is 0.00000128. The number of hydrogen-bond donors (Lipinski definition) is 2. The Morgan fingerprint density at radius 3 is 2.25 bits per heavy atom. The fourth-order valence-electron chi connectivity index (χ4n) is 1.55. The van der Waals surface area contributed by atoms with E-state index in [9.17, 15) is 8.42 Å². The Bertz CT molecular complexity index is 625. The van der Waals surface area contributed by atoms with Crippen LogP contribution in [-0.2, 0) is 10.1 Å². The van der Waals surface area contributed by atoms with E-state index in [-0.39, 0.29) is 35.9 Å². The Hall–Kier alpha value is -0.590. The van der Waals surface area contributed by atoms with Gasteiger partial charge in [-0.1, -0.05) is 24.3 Å². The van der Waals surface area contributed by atoms with E-state index < -0.39 is 10.1 Å².